The Hall–Kier alpha value is -1.77. The minimum atomic E-state index is 0.417. The highest BCUT2D eigenvalue weighted by Gasteiger charge is 2.21. The summed E-state index contributed by atoms with van der Waals surface area (Å²) in [6.45, 7) is 0. The van der Waals surface area contributed by atoms with E-state index in [-0.39, 0.29) is 0 Å². The number of benzene rings is 2. The average molecular weight is 304 g/mol. The summed E-state index contributed by atoms with van der Waals surface area (Å²) in [7, 11) is 0. The van der Waals surface area contributed by atoms with E-state index in [1.54, 1.807) is 0 Å². The average Bonchev–Trinajstić information content (AvgIpc) is 2.75. The first-order valence-corrected chi connectivity index (χ1v) is 8.71. The summed E-state index contributed by atoms with van der Waals surface area (Å²) >= 11 is 3.79. The third kappa shape index (κ3) is 1.76. The van der Waals surface area contributed by atoms with Gasteiger partial charge in [-0.3, -0.25) is 0 Å². The van der Waals surface area contributed by atoms with Gasteiger partial charge in [-0.2, -0.15) is 0 Å². The predicted molar refractivity (Wildman–Crippen MR) is 94.3 cm³/mol. The van der Waals surface area contributed by atoms with Crippen molar-refractivity contribution in [2.75, 3.05) is 0 Å². The standard InChI is InChI=1S/C19H12S2/c1-2-6-13-9-12(5-1)15-10-19-16(11-18(15)20-13)14-7-3-4-8-17(14)21-19/h1-12H. The van der Waals surface area contributed by atoms with E-state index in [1.165, 1.54) is 35.5 Å². The molecule has 2 heterocycles. The molecule has 2 bridgehead atoms. The molecule has 1 aliphatic carbocycles. The summed E-state index contributed by atoms with van der Waals surface area (Å²) in [5.74, 6) is 0.417. The van der Waals surface area contributed by atoms with Gasteiger partial charge >= 0.3 is 0 Å². The highest BCUT2D eigenvalue weighted by Crippen LogP contribution is 2.46. The van der Waals surface area contributed by atoms with Crippen molar-refractivity contribution in [3.05, 3.63) is 77.2 Å². The smallest absolute Gasteiger partial charge is 0.0359 e. The lowest BCUT2D eigenvalue weighted by Gasteiger charge is -2.20. The molecule has 0 spiro atoms. The Morgan fingerprint density at radius 3 is 2.86 bits per heavy atom. The van der Waals surface area contributed by atoms with Crippen molar-refractivity contribution in [2.45, 2.75) is 10.8 Å². The number of allylic oxidation sites excluding steroid dienone is 5. The molecular weight excluding hydrogens is 292 g/mol. The fourth-order valence-electron chi connectivity index (χ4n) is 3.13. The van der Waals surface area contributed by atoms with Gasteiger partial charge in [0.25, 0.3) is 0 Å². The second-order valence-corrected chi connectivity index (χ2v) is 7.62. The zero-order chi connectivity index (χ0) is 13.8. The minimum absolute atomic E-state index is 0.417. The molecule has 0 amide bonds. The van der Waals surface area contributed by atoms with Crippen molar-refractivity contribution in [1.82, 2.24) is 0 Å². The molecule has 0 N–H and O–H groups in total. The number of hydrogen-bond acceptors (Lipinski definition) is 2. The molecule has 100 valence electrons. The summed E-state index contributed by atoms with van der Waals surface area (Å²) in [6, 6.07) is 13.5. The maximum atomic E-state index is 2.40. The van der Waals surface area contributed by atoms with Crippen molar-refractivity contribution in [3.8, 4) is 0 Å². The Labute approximate surface area is 131 Å². The van der Waals surface area contributed by atoms with Gasteiger partial charge in [0, 0.05) is 35.9 Å². The maximum absolute atomic E-state index is 2.40. The lowest BCUT2D eigenvalue weighted by molar-refractivity contribution is 1.03. The summed E-state index contributed by atoms with van der Waals surface area (Å²) in [5.41, 5.74) is 1.45. The van der Waals surface area contributed by atoms with E-state index in [9.17, 15) is 0 Å². The molecule has 1 aromatic heterocycles. The Morgan fingerprint density at radius 1 is 0.905 bits per heavy atom. The van der Waals surface area contributed by atoms with Crippen LogP contribution in [0.25, 0.3) is 20.2 Å². The first-order chi connectivity index (χ1) is 10.4. The highest BCUT2D eigenvalue weighted by atomic mass is 32.2. The molecule has 5 rings (SSSR count). The topological polar surface area (TPSA) is 0 Å². The van der Waals surface area contributed by atoms with Crippen LogP contribution >= 0.6 is 23.1 Å². The van der Waals surface area contributed by atoms with E-state index in [4.69, 9.17) is 0 Å². The zero-order valence-corrected chi connectivity index (χ0v) is 12.9. The molecule has 1 atom stereocenters. The first-order valence-electron chi connectivity index (χ1n) is 7.08. The van der Waals surface area contributed by atoms with E-state index in [1.807, 2.05) is 23.1 Å². The van der Waals surface area contributed by atoms with Gasteiger partial charge in [0.1, 0.15) is 0 Å². The van der Waals surface area contributed by atoms with Crippen molar-refractivity contribution in [3.63, 3.8) is 0 Å². The summed E-state index contributed by atoms with van der Waals surface area (Å²) in [5, 5.41) is 2.78. The van der Waals surface area contributed by atoms with Crippen LogP contribution < -0.4 is 0 Å². The minimum Gasteiger partial charge on any atom is -0.135 e. The lowest BCUT2D eigenvalue weighted by atomic mass is 9.96. The molecule has 1 unspecified atom stereocenters. The van der Waals surface area contributed by atoms with Gasteiger partial charge in [-0.25, -0.2) is 0 Å². The predicted octanol–water partition coefficient (Wildman–Crippen LogP) is 6.25. The Kier molecular flexibility index (Phi) is 2.46. The van der Waals surface area contributed by atoms with Crippen LogP contribution in [0.15, 0.2) is 76.6 Å². The maximum Gasteiger partial charge on any atom is 0.0359 e. The molecule has 0 radical (unpaired) electrons. The summed E-state index contributed by atoms with van der Waals surface area (Å²) in [6.07, 6.45) is 11.2. The van der Waals surface area contributed by atoms with Gasteiger partial charge in [0.2, 0.25) is 0 Å². The summed E-state index contributed by atoms with van der Waals surface area (Å²) in [4.78, 5) is 2.76. The van der Waals surface area contributed by atoms with Crippen LogP contribution in [0.5, 0.6) is 0 Å². The molecule has 21 heavy (non-hydrogen) atoms. The van der Waals surface area contributed by atoms with Crippen LogP contribution in [0.1, 0.15) is 11.5 Å². The Bertz CT molecular complexity index is 970. The third-order valence-electron chi connectivity index (χ3n) is 4.13. The fraction of sp³-hybridized carbons (Fsp3) is 0.0526. The SMILES string of the molecule is C1=CC2=CC(C=C1)c1cc3sc4ccccc4c3cc1S2. The van der Waals surface area contributed by atoms with Gasteiger partial charge in [-0.05, 0) is 29.8 Å². The lowest BCUT2D eigenvalue weighted by Crippen LogP contribution is -1.99. The van der Waals surface area contributed by atoms with Crippen molar-refractivity contribution < 1.29 is 0 Å². The van der Waals surface area contributed by atoms with Gasteiger partial charge < -0.3 is 0 Å². The van der Waals surface area contributed by atoms with Gasteiger partial charge in [0.05, 0.1) is 0 Å². The number of thioether (sulfide) groups is 1. The first kappa shape index (κ1) is 11.8. The number of fused-ring (bicyclic) bond motifs is 6. The molecule has 0 saturated carbocycles. The second kappa shape index (κ2) is 4.36. The van der Waals surface area contributed by atoms with Crippen LogP contribution in [0.2, 0.25) is 0 Å². The van der Waals surface area contributed by atoms with Gasteiger partial charge in [0.15, 0.2) is 0 Å². The van der Waals surface area contributed by atoms with Crippen LogP contribution in [0.3, 0.4) is 0 Å². The molecule has 2 heteroatoms. The monoisotopic (exact) mass is 304 g/mol. The molecule has 1 aliphatic heterocycles. The van der Waals surface area contributed by atoms with Gasteiger partial charge in [-0.15, -0.1) is 11.3 Å². The van der Waals surface area contributed by atoms with Crippen LogP contribution in [0, 0.1) is 0 Å². The van der Waals surface area contributed by atoms with Crippen LogP contribution in [-0.4, -0.2) is 0 Å². The van der Waals surface area contributed by atoms with Gasteiger partial charge in [-0.1, -0.05) is 54.3 Å². The molecule has 3 aromatic rings. The zero-order valence-electron chi connectivity index (χ0n) is 11.2. The second-order valence-electron chi connectivity index (χ2n) is 5.43. The Morgan fingerprint density at radius 2 is 1.86 bits per heavy atom. The molecule has 0 nitrogen and oxygen atoms in total. The summed E-state index contributed by atoms with van der Waals surface area (Å²) < 4.78 is 2.78. The quantitative estimate of drug-likeness (QED) is 0.473. The van der Waals surface area contributed by atoms with Crippen molar-refractivity contribution in [2.24, 2.45) is 0 Å². The van der Waals surface area contributed by atoms with E-state index in [2.05, 4.69) is 66.8 Å². The normalized spacial score (nSPS) is 19.6. The van der Waals surface area contributed by atoms with E-state index >= 15 is 0 Å². The highest BCUT2D eigenvalue weighted by molar-refractivity contribution is 8.03. The van der Waals surface area contributed by atoms with Crippen LogP contribution in [0.4, 0.5) is 0 Å². The Balaban J connectivity index is 1.83. The van der Waals surface area contributed by atoms with E-state index < -0.39 is 0 Å². The fourth-order valence-corrected chi connectivity index (χ4v) is 5.37. The molecular formula is C19H12S2. The molecule has 2 aliphatic rings. The molecule has 0 fully saturated rings. The largest absolute Gasteiger partial charge is 0.135 e. The molecule has 0 saturated heterocycles. The van der Waals surface area contributed by atoms with E-state index in [0.29, 0.717) is 5.92 Å². The van der Waals surface area contributed by atoms with Crippen molar-refractivity contribution in [1.29, 1.82) is 0 Å². The number of rotatable bonds is 0. The van der Waals surface area contributed by atoms with E-state index in [0.717, 1.165) is 0 Å². The van der Waals surface area contributed by atoms with Crippen molar-refractivity contribution >= 4 is 43.3 Å². The third-order valence-corrected chi connectivity index (χ3v) is 6.34. The number of thiophene rings is 1. The van der Waals surface area contributed by atoms with Crippen LogP contribution in [-0.2, 0) is 0 Å². The molecule has 2 aromatic carbocycles. The number of hydrogen-bond donors (Lipinski definition) is 0.